The molecule has 0 atom stereocenters. The highest BCUT2D eigenvalue weighted by atomic mass is 19.1. The number of carbonyl (C=O) groups excluding carboxylic acids is 1. The first-order valence-corrected chi connectivity index (χ1v) is 8.12. The van der Waals surface area contributed by atoms with Crippen LogP contribution in [0.1, 0.15) is 5.56 Å². The summed E-state index contributed by atoms with van der Waals surface area (Å²) in [4.78, 5) is 16.3. The highest BCUT2D eigenvalue weighted by Gasteiger charge is 2.08. The Morgan fingerprint density at radius 3 is 2.65 bits per heavy atom. The minimum atomic E-state index is -0.444. The van der Waals surface area contributed by atoms with Gasteiger partial charge in [-0.05, 0) is 41.0 Å². The molecule has 0 aliphatic rings. The van der Waals surface area contributed by atoms with Crippen molar-refractivity contribution in [1.82, 2.24) is 14.6 Å². The number of amides is 1. The minimum Gasteiger partial charge on any atom is -0.323 e. The van der Waals surface area contributed by atoms with Crippen molar-refractivity contribution in [1.29, 1.82) is 0 Å². The van der Waals surface area contributed by atoms with E-state index in [1.807, 2.05) is 42.6 Å². The summed E-state index contributed by atoms with van der Waals surface area (Å²) in [5.41, 5.74) is 3.86. The first-order valence-electron chi connectivity index (χ1n) is 8.12. The third kappa shape index (κ3) is 3.30. The highest BCUT2D eigenvalue weighted by molar-refractivity contribution is 5.92. The second-order valence-corrected chi connectivity index (χ2v) is 5.88. The van der Waals surface area contributed by atoms with Crippen LogP contribution in [0, 0.1) is 5.82 Å². The molecule has 0 saturated carbocycles. The minimum absolute atomic E-state index is 0.178. The number of benzene rings is 2. The molecule has 0 aliphatic carbocycles. The van der Waals surface area contributed by atoms with E-state index in [-0.39, 0.29) is 18.0 Å². The summed E-state index contributed by atoms with van der Waals surface area (Å²) in [5, 5.41) is 6.67. The zero-order valence-electron chi connectivity index (χ0n) is 13.8. The van der Waals surface area contributed by atoms with E-state index in [0.717, 1.165) is 22.3 Å². The molecular weight excluding hydrogens is 331 g/mol. The van der Waals surface area contributed by atoms with Crippen LogP contribution in [-0.4, -0.2) is 20.5 Å². The number of hydrogen-bond donors (Lipinski definition) is 1. The summed E-state index contributed by atoms with van der Waals surface area (Å²) in [6, 6.07) is 17.7. The van der Waals surface area contributed by atoms with Crippen LogP contribution in [0.5, 0.6) is 0 Å². The van der Waals surface area contributed by atoms with Crippen molar-refractivity contribution in [2.24, 2.45) is 0 Å². The Morgan fingerprint density at radius 1 is 1.04 bits per heavy atom. The molecule has 0 spiro atoms. The molecule has 6 heteroatoms. The highest BCUT2D eigenvalue weighted by Crippen LogP contribution is 2.21. The van der Waals surface area contributed by atoms with E-state index < -0.39 is 5.82 Å². The van der Waals surface area contributed by atoms with E-state index in [9.17, 15) is 9.18 Å². The van der Waals surface area contributed by atoms with E-state index in [0.29, 0.717) is 0 Å². The normalized spacial score (nSPS) is 10.8. The van der Waals surface area contributed by atoms with Gasteiger partial charge in [0.1, 0.15) is 12.1 Å². The van der Waals surface area contributed by atoms with Gasteiger partial charge in [-0.3, -0.25) is 4.79 Å². The van der Waals surface area contributed by atoms with Crippen molar-refractivity contribution in [3.8, 4) is 11.1 Å². The summed E-state index contributed by atoms with van der Waals surface area (Å²) >= 11 is 0. The number of para-hydroxylation sites is 1. The van der Waals surface area contributed by atoms with Gasteiger partial charge in [0.05, 0.1) is 12.1 Å². The van der Waals surface area contributed by atoms with Gasteiger partial charge in [0.15, 0.2) is 5.65 Å². The Balaban J connectivity index is 1.47. The summed E-state index contributed by atoms with van der Waals surface area (Å²) in [5.74, 6) is -0.701. The van der Waals surface area contributed by atoms with Crippen LogP contribution < -0.4 is 5.32 Å². The van der Waals surface area contributed by atoms with Crippen molar-refractivity contribution in [2.75, 3.05) is 5.32 Å². The largest absolute Gasteiger partial charge is 0.323 e. The Bertz CT molecular complexity index is 1070. The first kappa shape index (κ1) is 16.0. The molecular formula is C20H15FN4O. The van der Waals surface area contributed by atoms with Gasteiger partial charge in [0, 0.05) is 6.20 Å². The molecule has 1 N–H and O–H groups in total. The lowest BCUT2D eigenvalue weighted by atomic mass is 10.0. The van der Waals surface area contributed by atoms with Crippen molar-refractivity contribution < 1.29 is 9.18 Å². The van der Waals surface area contributed by atoms with Crippen LogP contribution in [0.2, 0.25) is 0 Å². The number of carbonyl (C=O) groups is 1. The lowest BCUT2D eigenvalue weighted by molar-refractivity contribution is -0.115. The number of nitrogens with one attached hydrogen (secondary N) is 1. The fraction of sp³-hybridized carbons (Fsp3) is 0.0500. The summed E-state index contributed by atoms with van der Waals surface area (Å²) < 4.78 is 15.3. The molecule has 2 aromatic heterocycles. The van der Waals surface area contributed by atoms with Crippen molar-refractivity contribution in [3.63, 3.8) is 0 Å². The molecule has 5 nitrogen and oxygen atoms in total. The lowest BCUT2D eigenvalue weighted by Gasteiger charge is -2.07. The van der Waals surface area contributed by atoms with Gasteiger partial charge >= 0.3 is 0 Å². The molecule has 0 unspecified atom stereocenters. The van der Waals surface area contributed by atoms with E-state index in [1.165, 1.54) is 18.5 Å². The Labute approximate surface area is 149 Å². The maximum Gasteiger partial charge on any atom is 0.228 e. The van der Waals surface area contributed by atoms with E-state index in [4.69, 9.17) is 0 Å². The maximum absolute atomic E-state index is 13.6. The summed E-state index contributed by atoms with van der Waals surface area (Å²) in [7, 11) is 0. The van der Waals surface area contributed by atoms with Crippen LogP contribution >= 0.6 is 0 Å². The van der Waals surface area contributed by atoms with Crippen LogP contribution in [0.4, 0.5) is 10.1 Å². The van der Waals surface area contributed by atoms with Gasteiger partial charge in [-0.1, -0.05) is 36.4 Å². The van der Waals surface area contributed by atoms with Crippen LogP contribution in [0.3, 0.4) is 0 Å². The number of aromatic nitrogens is 3. The third-order valence-corrected chi connectivity index (χ3v) is 4.08. The fourth-order valence-electron chi connectivity index (χ4n) is 2.75. The van der Waals surface area contributed by atoms with Crippen LogP contribution in [0.25, 0.3) is 16.8 Å². The molecule has 128 valence electrons. The molecule has 4 rings (SSSR count). The zero-order chi connectivity index (χ0) is 17.9. The number of rotatable bonds is 4. The molecule has 0 radical (unpaired) electrons. The molecule has 0 aliphatic heterocycles. The van der Waals surface area contributed by atoms with Gasteiger partial charge in [-0.2, -0.15) is 5.10 Å². The van der Waals surface area contributed by atoms with E-state index >= 15 is 0 Å². The molecule has 4 aromatic rings. The summed E-state index contributed by atoms with van der Waals surface area (Å²) in [6.07, 6.45) is 3.54. The first-order chi connectivity index (χ1) is 12.7. The number of anilines is 1. The van der Waals surface area contributed by atoms with Crippen LogP contribution in [-0.2, 0) is 11.2 Å². The fourth-order valence-corrected chi connectivity index (χ4v) is 2.75. The van der Waals surface area contributed by atoms with Gasteiger partial charge in [0.25, 0.3) is 0 Å². The quantitative estimate of drug-likeness (QED) is 0.613. The lowest BCUT2D eigenvalue weighted by Crippen LogP contribution is -2.15. The van der Waals surface area contributed by atoms with Gasteiger partial charge in [-0.25, -0.2) is 13.9 Å². The molecule has 1 amide bonds. The van der Waals surface area contributed by atoms with Crippen molar-refractivity contribution >= 4 is 17.2 Å². The third-order valence-electron chi connectivity index (χ3n) is 4.08. The molecule has 0 bridgehead atoms. The number of pyridine rings is 1. The molecule has 2 heterocycles. The van der Waals surface area contributed by atoms with E-state index in [1.54, 1.807) is 16.6 Å². The predicted molar refractivity (Wildman–Crippen MR) is 97.2 cm³/mol. The number of fused-ring (bicyclic) bond motifs is 1. The smallest absolute Gasteiger partial charge is 0.228 e. The van der Waals surface area contributed by atoms with Gasteiger partial charge < -0.3 is 5.32 Å². The standard InChI is InChI=1S/C20H15FN4O/c21-17-3-1-2-4-18(17)24-20(26)11-14-5-7-15(8-6-14)16-9-10-25-19(12-16)22-13-23-25/h1-10,12-13H,11H2,(H,24,26). The van der Waals surface area contributed by atoms with E-state index in [2.05, 4.69) is 15.4 Å². The number of hydrogen-bond acceptors (Lipinski definition) is 3. The topological polar surface area (TPSA) is 59.3 Å². The maximum atomic E-state index is 13.6. The predicted octanol–water partition coefficient (Wildman–Crippen LogP) is 3.72. The number of nitrogens with zero attached hydrogens (tertiary/aromatic N) is 3. The Kier molecular flexibility index (Phi) is 4.15. The monoisotopic (exact) mass is 346 g/mol. The van der Waals surface area contributed by atoms with Crippen molar-refractivity contribution in [2.45, 2.75) is 6.42 Å². The average molecular weight is 346 g/mol. The molecule has 0 saturated heterocycles. The van der Waals surface area contributed by atoms with Gasteiger partial charge in [-0.15, -0.1) is 0 Å². The SMILES string of the molecule is O=C(Cc1ccc(-c2ccn3ncnc3c2)cc1)Nc1ccccc1F. The molecule has 2 aromatic carbocycles. The Hall–Kier alpha value is -3.54. The molecule has 0 fully saturated rings. The Morgan fingerprint density at radius 2 is 1.85 bits per heavy atom. The number of halogens is 1. The zero-order valence-corrected chi connectivity index (χ0v) is 13.8. The van der Waals surface area contributed by atoms with Gasteiger partial charge in [0.2, 0.25) is 5.91 Å². The molecule has 26 heavy (non-hydrogen) atoms. The average Bonchev–Trinajstić information content (AvgIpc) is 3.12. The summed E-state index contributed by atoms with van der Waals surface area (Å²) in [6.45, 7) is 0. The second-order valence-electron chi connectivity index (χ2n) is 5.88. The second kappa shape index (κ2) is 6.76. The van der Waals surface area contributed by atoms with Crippen LogP contribution in [0.15, 0.2) is 73.2 Å². The van der Waals surface area contributed by atoms with Crippen molar-refractivity contribution in [3.05, 3.63) is 84.6 Å².